The molecule has 0 fully saturated rings. The first-order valence-corrected chi connectivity index (χ1v) is 9.45. The zero-order valence-electron chi connectivity index (χ0n) is 12.4. The lowest BCUT2D eigenvalue weighted by molar-refractivity contribution is 0.174. The minimum Gasteiger partial charge on any atom is -0.454 e. The van der Waals surface area contributed by atoms with Gasteiger partial charge in [-0.2, -0.15) is 0 Å². The fourth-order valence-corrected chi connectivity index (χ4v) is 5.45. The Balaban J connectivity index is 1.45. The molecule has 1 aliphatic carbocycles. The molecule has 0 atom stereocenters. The Morgan fingerprint density at radius 3 is 3.09 bits per heavy atom. The number of ether oxygens (including phenoxy) is 2. The molecule has 0 saturated heterocycles. The molecule has 0 N–H and O–H groups in total. The average molecular weight is 342 g/mol. The van der Waals surface area contributed by atoms with E-state index in [1.165, 1.54) is 40.7 Å². The van der Waals surface area contributed by atoms with Gasteiger partial charge in [0.25, 0.3) is 0 Å². The van der Waals surface area contributed by atoms with Gasteiger partial charge in [-0.25, -0.2) is 9.97 Å². The molecule has 0 radical (unpaired) electrons. The summed E-state index contributed by atoms with van der Waals surface area (Å²) in [5, 5.41) is 2.39. The van der Waals surface area contributed by atoms with Gasteiger partial charge in [-0.1, -0.05) is 6.07 Å². The first-order valence-electron chi connectivity index (χ1n) is 7.65. The van der Waals surface area contributed by atoms with E-state index in [2.05, 4.69) is 22.1 Å². The second kappa shape index (κ2) is 5.39. The van der Waals surface area contributed by atoms with Crippen molar-refractivity contribution in [2.45, 2.75) is 30.0 Å². The maximum Gasteiger partial charge on any atom is 0.231 e. The Hall–Kier alpha value is -1.79. The van der Waals surface area contributed by atoms with Crippen LogP contribution in [0.15, 0.2) is 29.6 Å². The van der Waals surface area contributed by atoms with Crippen LogP contribution in [-0.2, 0) is 18.6 Å². The quantitative estimate of drug-likeness (QED) is 0.527. The molecule has 1 aromatic carbocycles. The molecular weight excluding hydrogens is 328 g/mol. The van der Waals surface area contributed by atoms with Crippen LogP contribution in [0.25, 0.3) is 10.2 Å². The molecule has 1 aliphatic heterocycles. The Morgan fingerprint density at radius 2 is 2.09 bits per heavy atom. The minimum absolute atomic E-state index is 0.319. The molecule has 0 unspecified atom stereocenters. The van der Waals surface area contributed by atoms with Crippen molar-refractivity contribution in [3.05, 3.63) is 40.5 Å². The normalized spacial score (nSPS) is 15.3. The van der Waals surface area contributed by atoms with E-state index in [1.807, 2.05) is 17.4 Å². The van der Waals surface area contributed by atoms with Gasteiger partial charge in [0.05, 0.1) is 0 Å². The summed E-state index contributed by atoms with van der Waals surface area (Å²) in [6.45, 7) is 0.319. The molecule has 116 valence electrons. The van der Waals surface area contributed by atoms with Crippen molar-refractivity contribution in [3.8, 4) is 11.5 Å². The van der Waals surface area contributed by atoms with Gasteiger partial charge < -0.3 is 9.47 Å². The van der Waals surface area contributed by atoms with Crippen LogP contribution < -0.4 is 9.47 Å². The number of aromatic nitrogens is 2. The third-order valence-corrected chi connectivity index (χ3v) is 6.54. The monoisotopic (exact) mass is 342 g/mol. The van der Waals surface area contributed by atoms with Gasteiger partial charge >= 0.3 is 0 Å². The van der Waals surface area contributed by atoms with Crippen LogP contribution in [0.2, 0.25) is 0 Å². The zero-order valence-corrected chi connectivity index (χ0v) is 14.0. The first-order chi connectivity index (χ1) is 11.4. The maximum absolute atomic E-state index is 5.45. The smallest absolute Gasteiger partial charge is 0.231 e. The number of hydrogen-bond donors (Lipinski definition) is 0. The van der Waals surface area contributed by atoms with Gasteiger partial charge in [-0.15, -0.1) is 23.1 Å². The molecular formula is C17H14N2O2S2. The van der Waals surface area contributed by atoms with Gasteiger partial charge in [-0.05, 0) is 42.5 Å². The van der Waals surface area contributed by atoms with Crippen molar-refractivity contribution in [3.63, 3.8) is 0 Å². The second-order valence-electron chi connectivity index (χ2n) is 5.69. The highest BCUT2D eigenvalue weighted by atomic mass is 32.2. The minimum atomic E-state index is 0.319. The lowest BCUT2D eigenvalue weighted by Crippen LogP contribution is -1.92. The number of aryl methyl sites for hydroxylation is 2. The number of fused-ring (bicyclic) bond motifs is 4. The fourth-order valence-electron chi connectivity index (χ4n) is 3.19. The molecule has 0 spiro atoms. The van der Waals surface area contributed by atoms with Crippen molar-refractivity contribution >= 4 is 33.3 Å². The standard InChI is InChI=1S/C17H14N2O2S2/c1-2-11-14(3-1)23-17-15(11)16(18-8-19-17)22-7-10-4-5-12-13(6-10)21-9-20-12/h4-6,8H,1-3,7,9H2. The Bertz CT molecular complexity index is 907. The Kier molecular flexibility index (Phi) is 3.19. The van der Waals surface area contributed by atoms with Crippen LogP contribution in [-0.4, -0.2) is 16.8 Å². The van der Waals surface area contributed by atoms with E-state index < -0.39 is 0 Å². The Morgan fingerprint density at radius 1 is 1.13 bits per heavy atom. The van der Waals surface area contributed by atoms with Crippen LogP contribution in [0.4, 0.5) is 0 Å². The predicted octanol–water partition coefficient (Wildman–Crippen LogP) is 4.20. The molecule has 0 bridgehead atoms. The number of nitrogens with zero attached hydrogens (tertiary/aromatic N) is 2. The molecule has 3 aromatic rings. The van der Waals surface area contributed by atoms with Gasteiger partial charge in [0.1, 0.15) is 16.2 Å². The summed E-state index contributed by atoms with van der Waals surface area (Å²) in [5.74, 6) is 2.54. The van der Waals surface area contributed by atoms with E-state index in [1.54, 1.807) is 18.1 Å². The van der Waals surface area contributed by atoms with E-state index in [0.717, 1.165) is 27.1 Å². The van der Waals surface area contributed by atoms with Crippen molar-refractivity contribution < 1.29 is 9.47 Å². The van der Waals surface area contributed by atoms with Crippen LogP contribution in [0, 0.1) is 0 Å². The largest absolute Gasteiger partial charge is 0.454 e. The summed E-state index contributed by atoms with van der Waals surface area (Å²) in [6.07, 6.45) is 5.32. The zero-order chi connectivity index (χ0) is 15.2. The summed E-state index contributed by atoms with van der Waals surface area (Å²) in [5.41, 5.74) is 2.71. The highest BCUT2D eigenvalue weighted by Crippen LogP contribution is 2.41. The van der Waals surface area contributed by atoms with Crippen LogP contribution in [0.5, 0.6) is 11.5 Å². The molecule has 23 heavy (non-hydrogen) atoms. The molecule has 2 aromatic heterocycles. The third-order valence-electron chi connectivity index (χ3n) is 4.28. The van der Waals surface area contributed by atoms with E-state index in [-0.39, 0.29) is 0 Å². The van der Waals surface area contributed by atoms with Gasteiger partial charge in [-0.3, -0.25) is 0 Å². The van der Waals surface area contributed by atoms with E-state index in [0.29, 0.717) is 6.79 Å². The predicted molar refractivity (Wildman–Crippen MR) is 91.6 cm³/mol. The maximum atomic E-state index is 5.45. The van der Waals surface area contributed by atoms with Crippen LogP contribution in [0.1, 0.15) is 22.4 Å². The molecule has 3 heterocycles. The number of rotatable bonds is 3. The highest BCUT2D eigenvalue weighted by Gasteiger charge is 2.21. The van der Waals surface area contributed by atoms with Crippen molar-refractivity contribution in [1.82, 2.24) is 9.97 Å². The highest BCUT2D eigenvalue weighted by molar-refractivity contribution is 7.98. The molecule has 2 aliphatic rings. The lowest BCUT2D eigenvalue weighted by Gasteiger charge is -2.05. The van der Waals surface area contributed by atoms with Crippen molar-refractivity contribution in [1.29, 1.82) is 0 Å². The second-order valence-corrected chi connectivity index (χ2v) is 7.74. The molecule has 4 nitrogen and oxygen atoms in total. The Labute approximate surface area is 141 Å². The van der Waals surface area contributed by atoms with E-state index in [4.69, 9.17) is 9.47 Å². The lowest BCUT2D eigenvalue weighted by atomic mass is 10.2. The van der Waals surface area contributed by atoms with Crippen molar-refractivity contribution in [2.24, 2.45) is 0 Å². The van der Waals surface area contributed by atoms with Gasteiger partial charge in [0.2, 0.25) is 6.79 Å². The average Bonchev–Trinajstić information content (AvgIpc) is 3.27. The van der Waals surface area contributed by atoms with E-state index >= 15 is 0 Å². The molecule has 0 saturated carbocycles. The third kappa shape index (κ3) is 2.28. The summed E-state index contributed by atoms with van der Waals surface area (Å²) in [7, 11) is 0. The summed E-state index contributed by atoms with van der Waals surface area (Å²) in [4.78, 5) is 11.7. The van der Waals surface area contributed by atoms with Crippen LogP contribution >= 0.6 is 23.1 Å². The number of thiophene rings is 1. The number of thioether (sulfide) groups is 1. The molecule has 5 rings (SSSR count). The van der Waals surface area contributed by atoms with Gasteiger partial charge in [0.15, 0.2) is 11.5 Å². The topological polar surface area (TPSA) is 44.2 Å². The number of hydrogen-bond acceptors (Lipinski definition) is 6. The van der Waals surface area contributed by atoms with E-state index in [9.17, 15) is 0 Å². The first kappa shape index (κ1) is 13.6. The summed E-state index contributed by atoms with van der Waals surface area (Å²) in [6, 6.07) is 6.14. The van der Waals surface area contributed by atoms with Crippen LogP contribution in [0.3, 0.4) is 0 Å². The SMILES string of the molecule is c1nc(SCc2ccc3c(c2)OCO3)c2c3c(sc2n1)CCC3. The van der Waals surface area contributed by atoms with Crippen molar-refractivity contribution in [2.75, 3.05) is 6.79 Å². The van der Waals surface area contributed by atoms with Gasteiger partial charge in [0, 0.05) is 16.0 Å². The number of benzene rings is 1. The molecule has 6 heteroatoms. The molecule has 0 amide bonds. The summed E-state index contributed by atoms with van der Waals surface area (Å²) < 4.78 is 10.8. The summed E-state index contributed by atoms with van der Waals surface area (Å²) >= 11 is 3.62. The fraction of sp³-hybridized carbons (Fsp3) is 0.294.